The molecule has 1 atom stereocenters. The van der Waals surface area contributed by atoms with Gasteiger partial charge in [-0.3, -0.25) is 4.90 Å². The number of tetrazole rings is 1. The lowest BCUT2D eigenvalue weighted by Gasteiger charge is -2.32. The number of hydrogen-bond donors (Lipinski definition) is 2. The third-order valence-electron chi connectivity index (χ3n) is 6.39. The van der Waals surface area contributed by atoms with Gasteiger partial charge < -0.3 is 10.0 Å². The summed E-state index contributed by atoms with van der Waals surface area (Å²) in [4.78, 5) is 13.8. The number of carbonyl (C=O) groups is 1. The summed E-state index contributed by atoms with van der Waals surface area (Å²) in [7, 11) is 0. The molecule has 17 heteroatoms. The first-order valence-corrected chi connectivity index (χ1v) is 11.5. The van der Waals surface area contributed by atoms with Crippen LogP contribution >= 0.6 is 0 Å². The van der Waals surface area contributed by atoms with Crippen LogP contribution in [-0.4, -0.2) is 38.4 Å². The molecule has 0 radical (unpaired) electrons. The average molecular weight is 582 g/mol. The van der Waals surface area contributed by atoms with E-state index in [1.54, 1.807) is 0 Å². The molecule has 0 aliphatic carbocycles. The van der Waals surface area contributed by atoms with E-state index in [1.165, 1.54) is 4.90 Å². The van der Waals surface area contributed by atoms with Crippen molar-refractivity contribution in [1.29, 1.82) is 0 Å². The highest BCUT2D eigenvalue weighted by molar-refractivity contribution is 5.88. The van der Waals surface area contributed by atoms with Gasteiger partial charge in [0.1, 0.15) is 0 Å². The minimum absolute atomic E-state index is 0.0318. The number of amides is 1. The first-order valence-electron chi connectivity index (χ1n) is 11.5. The fourth-order valence-electron chi connectivity index (χ4n) is 4.67. The van der Waals surface area contributed by atoms with Gasteiger partial charge in [-0.05, 0) is 65.9 Å². The SMILES string of the molecule is Cc1cc2c(cc1C(F)(F)F)N(C(=O)O)CCCC2N(Cc1cc(C(F)(F)F)cc(C(F)(F)F)c1)c1nn[nH]n1. The standard InChI is InChI=1S/C23H19F9N6O2/c1-11-5-15-17(3-2-4-37(20(39)40)18(15)9-16(11)23(30,31)32)38(19-33-35-36-34-19)10-12-6-13(21(24,25)26)8-14(7-12)22(27,28)29/h5-9,17H,2-4,10H2,1H3,(H,39,40)(H,33,34,35,36). The Hall–Kier alpha value is -4.05. The third kappa shape index (κ3) is 5.91. The quantitative estimate of drug-likeness (QED) is 0.337. The lowest BCUT2D eigenvalue weighted by atomic mass is 9.94. The molecule has 0 spiro atoms. The first kappa shape index (κ1) is 28.9. The number of halogens is 9. The number of aromatic amines is 1. The molecule has 1 aliphatic heterocycles. The van der Waals surface area contributed by atoms with Crippen molar-refractivity contribution in [1.82, 2.24) is 20.6 Å². The van der Waals surface area contributed by atoms with Crippen molar-refractivity contribution in [2.75, 3.05) is 16.3 Å². The van der Waals surface area contributed by atoms with Crippen molar-refractivity contribution < 1.29 is 49.4 Å². The fraction of sp³-hybridized carbons (Fsp3) is 0.391. The van der Waals surface area contributed by atoms with Gasteiger partial charge in [-0.2, -0.15) is 44.7 Å². The number of aromatic nitrogens is 4. The van der Waals surface area contributed by atoms with E-state index in [0.717, 1.165) is 13.0 Å². The molecule has 1 amide bonds. The summed E-state index contributed by atoms with van der Waals surface area (Å²) in [5.41, 5.74) is -5.23. The zero-order chi connectivity index (χ0) is 29.6. The maximum atomic E-state index is 13.7. The predicted molar refractivity (Wildman–Crippen MR) is 120 cm³/mol. The molecule has 40 heavy (non-hydrogen) atoms. The van der Waals surface area contributed by atoms with Gasteiger partial charge in [-0.25, -0.2) is 4.79 Å². The molecule has 0 saturated heterocycles. The van der Waals surface area contributed by atoms with Crippen LogP contribution in [-0.2, 0) is 25.1 Å². The van der Waals surface area contributed by atoms with Gasteiger partial charge >= 0.3 is 24.6 Å². The summed E-state index contributed by atoms with van der Waals surface area (Å²) in [5, 5.41) is 22.8. The molecule has 0 saturated carbocycles. The lowest BCUT2D eigenvalue weighted by molar-refractivity contribution is -0.143. The van der Waals surface area contributed by atoms with E-state index in [0.29, 0.717) is 23.1 Å². The number of H-pyrrole nitrogens is 1. The minimum atomic E-state index is -5.12. The number of fused-ring (bicyclic) bond motifs is 1. The lowest BCUT2D eigenvalue weighted by Crippen LogP contribution is -2.32. The van der Waals surface area contributed by atoms with Crippen LogP contribution in [0.2, 0.25) is 0 Å². The number of alkyl halides is 9. The molecule has 1 aliphatic rings. The Morgan fingerprint density at radius 2 is 1.62 bits per heavy atom. The van der Waals surface area contributed by atoms with Crippen LogP contribution in [0.4, 0.5) is 55.9 Å². The number of rotatable bonds is 4. The minimum Gasteiger partial charge on any atom is -0.465 e. The maximum absolute atomic E-state index is 13.7. The molecule has 0 fully saturated rings. The monoisotopic (exact) mass is 582 g/mol. The van der Waals surface area contributed by atoms with Crippen molar-refractivity contribution in [2.45, 2.75) is 50.9 Å². The number of benzene rings is 2. The van der Waals surface area contributed by atoms with E-state index < -0.39 is 59.5 Å². The largest absolute Gasteiger partial charge is 0.465 e. The van der Waals surface area contributed by atoms with E-state index in [2.05, 4.69) is 20.6 Å². The zero-order valence-electron chi connectivity index (χ0n) is 20.3. The molecule has 4 rings (SSSR count). The molecule has 8 nitrogen and oxygen atoms in total. The summed E-state index contributed by atoms with van der Waals surface area (Å²) < 4.78 is 122. The second kappa shape index (κ2) is 10.2. The van der Waals surface area contributed by atoms with Crippen LogP contribution in [0.3, 0.4) is 0 Å². The Kier molecular flexibility index (Phi) is 7.36. The summed E-state index contributed by atoms with van der Waals surface area (Å²) >= 11 is 0. The fourth-order valence-corrected chi connectivity index (χ4v) is 4.67. The van der Waals surface area contributed by atoms with Crippen LogP contribution in [0, 0.1) is 6.92 Å². The second-order valence-corrected chi connectivity index (χ2v) is 9.07. The Morgan fingerprint density at radius 1 is 1.00 bits per heavy atom. The summed E-state index contributed by atoms with van der Waals surface area (Å²) in [6.45, 7) is 0.280. The van der Waals surface area contributed by atoms with E-state index in [1.807, 2.05) is 0 Å². The molecule has 0 bridgehead atoms. The second-order valence-electron chi connectivity index (χ2n) is 9.07. The molecule has 2 aromatic carbocycles. The van der Waals surface area contributed by atoms with Gasteiger partial charge in [-0.15, -0.1) is 5.10 Å². The molecular weight excluding hydrogens is 563 g/mol. The van der Waals surface area contributed by atoms with Crippen molar-refractivity contribution >= 4 is 17.7 Å². The predicted octanol–water partition coefficient (Wildman–Crippen LogP) is 6.59. The molecule has 2 N–H and O–H groups in total. The molecule has 1 aromatic heterocycles. The average Bonchev–Trinajstić information content (AvgIpc) is 3.29. The molecule has 216 valence electrons. The number of aryl methyl sites for hydroxylation is 1. The van der Waals surface area contributed by atoms with Crippen LogP contribution in [0.25, 0.3) is 0 Å². The van der Waals surface area contributed by atoms with Gasteiger partial charge in [0.15, 0.2) is 0 Å². The van der Waals surface area contributed by atoms with Crippen LogP contribution in [0.5, 0.6) is 0 Å². The molecule has 2 heterocycles. The van der Waals surface area contributed by atoms with Gasteiger partial charge in [0.05, 0.1) is 28.4 Å². The highest BCUT2D eigenvalue weighted by Crippen LogP contribution is 2.44. The van der Waals surface area contributed by atoms with Crippen molar-refractivity contribution in [3.63, 3.8) is 0 Å². The summed E-state index contributed by atoms with van der Waals surface area (Å²) in [6.07, 6.45) is -16.5. The highest BCUT2D eigenvalue weighted by atomic mass is 19.4. The number of carboxylic acid groups (broad SMARTS) is 1. The van der Waals surface area contributed by atoms with Gasteiger partial charge in [0.25, 0.3) is 5.95 Å². The highest BCUT2D eigenvalue weighted by Gasteiger charge is 2.40. The Labute approximate surface area is 219 Å². The van der Waals surface area contributed by atoms with E-state index in [9.17, 15) is 49.4 Å². The Bertz CT molecular complexity index is 1350. The first-order chi connectivity index (χ1) is 18.5. The van der Waals surface area contributed by atoms with Gasteiger partial charge in [0.2, 0.25) is 0 Å². The summed E-state index contributed by atoms with van der Waals surface area (Å²) in [5.74, 6) is -0.275. The number of nitrogens with zero attached hydrogens (tertiary/aromatic N) is 5. The molecular formula is C23H19F9N6O2. The summed E-state index contributed by atoms with van der Waals surface area (Å²) in [6, 6.07) is 1.71. The molecule has 3 aromatic rings. The van der Waals surface area contributed by atoms with Crippen LogP contribution < -0.4 is 9.80 Å². The van der Waals surface area contributed by atoms with E-state index in [-0.39, 0.29) is 48.2 Å². The van der Waals surface area contributed by atoms with Crippen LogP contribution in [0.15, 0.2) is 30.3 Å². The third-order valence-corrected chi connectivity index (χ3v) is 6.39. The normalized spacial score (nSPS) is 16.4. The number of hydrogen-bond acceptors (Lipinski definition) is 5. The zero-order valence-corrected chi connectivity index (χ0v) is 20.3. The van der Waals surface area contributed by atoms with E-state index in [4.69, 9.17) is 0 Å². The van der Waals surface area contributed by atoms with Crippen LogP contribution in [0.1, 0.15) is 52.3 Å². The van der Waals surface area contributed by atoms with Crippen molar-refractivity contribution in [2.24, 2.45) is 0 Å². The van der Waals surface area contributed by atoms with E-state index >= 15 is 0 Å². The van der Waals surface area contributed by atoms with Gasteiger partial charge in [0, 0.05) is 13.1 Å². The molecule has 1 unspecified atom stereocenters. The van der Waals surface area contributed by atoms with Crippen molar-refractivity contribution in [3.8, 4) is 0 Å². The number of anilines is 2. The Morgan fingerprint density at radius 3 is 2.12 bits per heavy atom. The smallest absolute Gasteiger partial charge is 0.416 e. The maximum Gasteiger partial charge on any atom is 0.416 e. The van der Waals surface area contributed by atoms with Crippen molar-refractivity contribution in [3.05, 3.63) is 63.7 Å². The van der Waals surface area contributed by atoms with Gasteiger partial charge in [-0.1, -0.05) is 11.2 Å². The Balaban J connectivity index is 1.90. The number of nitrogens with one attached hydrogen (secondary N) is 1. The topological polar surface area (TPSA) is 98.2 Å².